The molecule has 76 valence electrons. The van der Waals surface area contributed by atoms with E-state index in [1.165, 1.54) is 0 Å². The van der Waals surface area contributed by atoms with Crippen molar-refractivity contribution in [1.82, 2.24) is 10.2 Å². The molecule has 0 saturated heterocycles. The number of aromatic amines is 1. The second-order valence-electron chi connectivity index (χ2n) is 2.47. The average Bonchev–Trinajstić information content (AvgIpc) is 2.51. The predicted molar refractivity (Wildman–Crippen MR) is 44.0 cm³/mol. The van der Waals surface area contributed by atoms with Crippen molar-refractivity contribution in [3.63, 3.8) is 0 Å². The van der Waals surface area contributed by atoms with Crippen molar-refractivity contribution in [2.24, 2.45) is 5.84 Å². The van der Waals surface area contributed by atoms with Crippen LogP contribution in [-0.4, -0.2) is 16.7 Å². The first-order valence-electron chi connectivity index (χ1n) is 3.53. The third-order valence-corrected chi connectivity index (χ3v) is 1.43. The van der Waals surface area contributed by atoms with E-state index < -0.39 is 11.9 Å². The standard InChI is InChI=1S/C7H7F3N4/c1-2-3-14(11)6-4-5(12-13-6)7(8,9)10/h1,4H,3,11H2,(H,12,13). The number of hydrogen-bond donors (Lipinski definition) is 2. The first kappa shape index (κ1) is 10.4. The van der Waals surface area contributed by atoms with Gasteiger partial charge < -0.3 is 0 Å². The van der Waals surface area contributed by atoms with Crippen molar-refractivity contribution in [3.8, 4) is 12.3 Å². The lowest BCUT2D eigenvalue weighted by molar-refractivity contribution is -0.141. The summed E-state index contributed by atoms with van der Waals surface area (Å²) >= 11 is 0. The zero-order valence-corrected chi connectivity index (χ0v) is 6.97. The molecule has 0 atom stereocenters. The number of terminal acetylenes is 1. The minimum atomic E-state index is -4.48. The van der Waals surface area contributed by atoms with Gasteiger partial charge in [0.15, 0.2) is 5.69 Å². The molecule has 0 bridgehead atoms. The van der Waals surface area contributed by atoms with E-state index in [0.717, 1.165) is 11.1 Å². The molecule has 7 heteroatoms. The van der Waals surface area contributed by atoms with Crippen molar-refractivity contribution in [2.45, 2.75) is 6.18 Å². The fourth-order valence-corrected chi connectivity index (χ4v) is 0.787. The van der Waals surface area contributed by atoms with Crippen LogP contribution in [0.15, 0.2) is 6.07 Å². The predicted octanol–water partition coefficient (Wildman–Crippen LogP) is 0.742. The zero-order chi connectivity index (χ0) is 10.8. The summed E-state index contributed by atoms with van der Waals surface area (Å²) in [5.74, 6) is 7.52. The van der Waals surface area contributed by atoms with E-state index >= 15 is 0 Å². The topological polar surface area (TPSA) is 57.9 Å². The van der Waals surface area contributed by atoms with Gasteiger partial charge in [-0.05, 0) is 0 Å². The molecule has 4 nitrogen and oxygen atoms in total. The Morgan fingerprint density at radius 1 is 1.64 bits per heavy atom. The molecule has 0 aliphatic carbocycles. The number of halogens is 3. The molecule has 0 fully saturated rings. The van der Waals surface area contributed by atoms with Gasteiger partial charge in [0, 0.05) is 6.07 Å². The van der Waals surface area contributed by atoms with Gasteiger partial charge in [0.2, 0.25) is 0 Å². The molecule has 3 N–H and O–H groups in total. The largest absolute Gasteiger partial charge is 0.435 e. The number of rotatable bonds is 2. The van der Waals surface area contributed by atoms with Crippen LogP contribution >= 0.6 is 0 Å². The van der Waals surface area contributed by atoms with E-state index in [1.54, 1.807) is 0 Å². The Balaban J connectivity index is 2.84. The van der Waals surface area contributed by atoms with Gasteiger partial charge in [0.05, 0.1) is 6.54 Å². The van der Waals surface area contributed by atoms with Crippen LogP contribution in [0, 0.1) is 12.3 Å². The van der Waals surface area contributed by atoms with Gasteiger partial charge in [-0.3, -0.25) is 10.1 Å². The summed E-state index contributed by atoms with van der Waals surface area (Å²) in [5, 5.41) is 6.14. The lowest BCUT2D eigenvalue weighted by atomic mass is 10.4. The number of anilines is 1. The number of aromatic nitrogens is 2. The van der Waals surface area contributed by atoms with Crippen LogP contribution in [0.5, 0.6) is 0 Å². The Labute approximate surface area is 77.9 Å². The van der Waals surface area contributed by atoms with Gasteiger partial charge in [-0.2, -0.15) is 18.3 Å². The molecular formula is C7H7F3N4. The summed E-state index contributed by atoms with van der Waals surface area (Å²) in [6.07, 6.45) is 0.451. The summed E-state index contributed by atoms with van der Waals surface area (Å²) in [6, 6.07) is 0.789. The monoisotopic (exact) mass is 204 g/mol. The van der Waals surface area contributed by atoms with Crippen molar-refractivity contribution >= 4 is 5.82 Å². The molecule has 1 rings (SSSR count). The average molecular weight is 204 g/mol. The Kier molecular flexibility index (Phi) is 2.67. The Morgan fingerprint density at radius 2 is 2.29 bits per heavy atom. The molecule has 0 aliphatic rings. The maximum absolute atomic E-state index is 12.1. The Hall–Kier alpha value is -1.68. The lowest BCUT2D eigenvalue weighted by Crippen LogP contribution is -2.31. The lowest BCUT2D eigenvalue weighted by Gasteiger charge is -2.11. The number of hydrazine groups is 1. The number of H-pyrrole nitrogens is 1. The molecule has 0 aliphatic heterocycles. The third kappa shape index (κ3) is 2.17. The molecule has 0 radical (unpaired) electrons. The molecule has 0 unspecified atom stereocenters. The Bertz CT molecular complexity index is 349. The molecule has 0 spiro atoms. The minimum absolute atomic E-state index is 0.000505. The second kappa shape index (κ2) is 3.59. The van der Waals surface area contributed by atoms with Crippen LogP contribution in [-0.2, 0) is 6.18 Å². The first-order chi connectivity index (χ1) is 6.45. The molecule has 1 aromatic rings. The summed E-state index contributed by atoms with van der Waals surface area (Å²) in [7, 11) is 0. The maximum Gasteiger partial charge on any atom is 0.435 e. The van der Waals surface area contributed by atoms with Crippen molar-refractivity contribution in [2.75, 3.05) is 11.6 Å². The highest BCUT2D eigenvalue weighted by Gasteiger charge is 2.34. The summed E-state index contributed by atoms with van der Waals surface area (Å²) in [4.78, 5) is 0. The van der Waals surface area contributed by atoms with Gasteiger partial charge in [-0.15, -0.1) is 6.42 Å². The summed E-state index contributed by atoms with van der Waals surface area (Å²) in [5.41, 5.74) is -1.03. The first-order valence-corrected chi connectivity index (χ1v) is 3.53. The summed E-state index contributed by atoms with van der Waals surface area (Å²) < 4.78 is 36.2. The fraction of sp³-hybridized carbons (Fsp3) is 0.286. The van der Waals surface area contributed by atoms with Crippen LogP contribution in [0.3, 0.4) is 0 Å². The van der Waals surface area contributed by atoms with E-state index in [-0.39, 0.29) is 12.4 Å². The second-order valence-corrected chi connectivity index (χ2v) is 2.47. The van der Waals surface area contributed by atoms with E-state index in [0.29, 0.717) is 0 Å². The van der Waals surface area contributed by atoms with Crippen molar-refractivity contribution in [3.05, 3.63) is 11.8 Å². The van der Waals surface area contributed by atoms with Crippen LogP contribution in [0.25, 0.3) is 0 Å². The van der Waals surface area contributed by atoms with Crippen LogP contribution < -0.4 is 10.9 Å². The van der Waals surface area contributed by atoms with Crippen LogP contribution in [0.1, 0.15) is 5.69 Å². The van der Waals surface area contributed by atoms with Gasteiger partial charge in [-0.1, -0.05) is 5.92 Å². The highest BCUT2D eigenvalue weighted by atomic mass is 19.4. The van der Waals surface area contributed by atoms with Crippen LogP contribution in [0.4, 0.5) is 19.0 Å². The minimum Gasteiger partial charge on any atom is -0.283 e. The van der Waals surface area contributed by atoms with Crippen molar-refractivity contribution in [1.29, 1.82) is 0 Å². The number of nitrogens with one attached hydrogen (secondary N) is 1. The number of nitrogens with two attached hydrogens (primary N) is 1. The number of alkyl halides is 3. The fourth-order valence-electron chi connectivity index (χ4n) is 0.787. The third-order valence-electron chi connectivity index (χ3n) is 1.43. The van der Waals surface area contributed by atoms with E-state index in [2.05, 4.69) is 16.1 Å². The van der Waals surface area contributed by atoms with Gasteiger partial charge in [0.25, 0.3) is 0 Å². The number of hydrogen-bond acceptors (Lipinski definition) is 3. The molecule has 0 aromatic carbocycles. The molecule has 1 heterocycles. The van der Waals surface area contributed by atoms with Crippen molar-refractivity contribution < 1.29 is 13.2 Å². The molecular weight excluding hydrogens is 197 g/mol. The van der Waals surface area contributed by atoms with E-state index in [9.17, 15) is 13.2 Å². The maximum atomic E-state index is 12.1. The van der Waals surface area contributed by atoms with E-state index in [1.807, 2.05) is 0 Å². The smallest absolute Gasteiger partial charge is 0.283 e. The zero-order valence-electron chi connectivity index (χ0n) is 6.97. The molecule has 14 heavy (non-hydrogen) atoms. The number of nitrogens with zero attached hydrogens (tertiary/aromatic N) is 2. The van der Waals surface area contributed by atoms with E-state index in [4.69, 9.17) is 12.3 Å². The molecule has 0 saturated carbocycles. The van der Waals surface area contributed by atoms with Gasteiger partial charge in [0.1, 0.15) is 5.82 Å². The summed E-state index contributed by atoms with van der Waals surface area (Å²) in [6.45, 7) is -0.000505. The normalized spacial score (nSPS) is 11.1. The quantitative estimate of drug-likeness (QED) is 0.424. The van der Waals surface area contributed by atoms with Gasteiger partial charge in [-0.25, -0.2) is 5.84 Å². The Morgan fingerprint density at radius 3 is 2.71 bits per heavy atom. The van der Waals surface area contributed by atoms with Crippen LogP contribution in [0.2, 0.25) is 0 Å². The SMILES string of the molecule is C#CCN(N)c1cc(C(F)(F)F)n[nH]1. The molecule has 0 amide bonds. The highest BCUT2D eigenvalue weighted by molar-refractivity contribution is 5.39. The van der Waals surface area contributed by atoms with Gasteiger partial charge >= 0.3 is 6.18 Å². The molecule has 1 aromatic heterocycles. The highest BCUT2D eigenvalue weighted by Crippen LogP contribution is 2.29.